The van der Waals surface area contributed by atoms with Gasteiger partial charge in [0.2, 0.25) is 5.91 Å². The van der Waals surface area contributed by atoms with E-state index in [0.717, 1.165) is 11.8 Å². The molecule has 17 heavy (non-hydrogen) atoms. The summed E-state index contributed by atoms with van der Waals surface area (Å²) >= 11 is 0. The van der Waals surface area contributed by atoms with Crippen molar-refractivity contribution in [1.82, 2.24) is 0 Å². The van der Waals surface area contributed by atoms with Crippen molar-refractivity contribution in [3.8, 4) is 0 Å². The van der Waals surface area contributed by atoms with Gasteiger partial charge in [-0.15, -0.1) is 0 Å². The van der Waals surface area contributed by atoms with Crippen molar-refractivity contribution >= 4 is 21.7 Å². The maximum Gasteiger partial charge on any atom is 0.264 e. The third-order valence-corrected chi connectivity index (χ3v) is 2.59. The lowest BCUT2D eigenvalue weighted by Gasteiger charge is -2.09. The summed E-state index contributed by atoms with van der Waals surface area (Å²) in [6.45, 7) is 1.49. The molecule has 1 aromatic rings. The second-order valence-corrected chi connectivity index (χ2v) is 5.26. The van der Waals surface area contributed by atoms with Gasteiger partial charge in [-0.1, -0.05) is 18.2 Å². The molecule has 1 amide bonds. The molecule has 0 saturated heterocycles. The van der Waals surface area contributed by atoms with Gasteiger partial charge in [-0.3, -0.25) is 8.98 Å². The number of carbonyl (C=O) groups excluding carboxylic acids is 1. The molecule has 0 heterocycles. The third-order valence-electron chi connectivity index (χ3n) is 2.00. The van der Waals surface area contributed by atoms with Crippen molar-refractivity contribution < 1.29 is 17.4 Å². The molecule has 0 saturated carbocycles. The van der Waals surface area contributed by atoms with E-state index < -0.39 is 10.1 Å². The third kappa shape index (κ3) is 5.46. The molecule has 0 aliphatic carbocycles. The van der Waals surface area contributed by atoms with Gasteiger partial charge >= 0.3 is 0 Å². The summed E-state index contributed by atoms with van der Waals surface area (Å²) in [6.07, 6.45) is 1.43. The molecule has 6 heteroatoms. The Hall–Kier alpha value is -1.40. The second kappa shape index (κ2) is 5.79. The van der Waals surface area contributed by atoms with E-state index in [9.17, 15) is 13.2 Å². The van der Waals surface area contributed by atoms with Crippen LogP contribution in [0.25, 0.3) is 0 Å². The molecule has 0 radical (unpaired) electrons. The molecule has 0 atom stereocenters. The maximum atomic E-state index is 11.0. The van der Waals surface area contributed by atoms with Gasteiger partial charge in [0.25, 0.3) is 10.1 Å². The van der Waals surface area contributed by atoms with Crippen LogP contribution in [0.4, 0.5) is 5.69 Å². The number of anilines is 1. The molecule has 0 aliphatic rings. The molecule has 0 spiro atoms. The van der Waals surface area contributed by atoms with E-state index >= 15 is 0 Å². The van der Waals surface area contributed by atoms with Gasteiger partial charge in [0, 0.05) is 12.6 Å². The van der Waals surface area contributed by atoms with E-state index in [1.165, 1.54) is 6.92 Å². The molecule has 5 nitrogen and oxygen atoms in total. The lowest BCUT2D eigenvalue weighted by atomic mass is 10.1. The standard InChI is InChI=1S/C11H15NO4S/c1-9(13)12-11-6-4-3-5-10(11)7-8-16-17(2,14)15/h3-6H,7-8H2,1-2H3,(H,12,13). The van der Waals surface area contributed by atoms with Crippen LogP contribution in [0.15, 0.2) is 24.3 Å². The van der Waals surface area contributed by atoms with Crippen LogP contribution in [-0.4, -0.2) is 27.2 Å². The zero-order valence-corrected chi connectivity index (χ0v) is 10.6. The van der Waals surface area contributed by atoms with Crippen LogP contribution in [0.2, 0.25) is 0 Å². The lowest BCUT2D eigenvalue weighted by molar-refractivity contribution is -0.114. The highest BCUT2D eigenvalue weighted by atomic mass is 32.2. The number of hydrogen-bond donors (Lipinski definition) is 1. The molecule has 1 aromatic carbocycles. The van der Waals surface area contributed by atoms with E-state index in [1.54, 1.807) is 12.1 Å². The fourth-order valence-electron chi connectivity index (χ4n) is 1.35. The van der Waals surface area contributed by atoms with Gasteiger partial charge in [0.1, 0.15) is 0 Å². The van der Waals surface area contributed by atoms with Crippen LogP contribution >= 0.6 is 0 Å². The number of amides is 1. The number of hydrogen-bond acceptors (Lipinski definition) is 4. The number of nitrogens with one attached hydrogen (secondary N) is 1. The normalized spacial score (nSPS) is 11.2. The predicted octanol–water partition coefficient (Wildman–Crippen LogP) is 1.16. The van der Waals surface area contributed by atoms with Gasteiger partial charge in [0.05, 0.1) is 12.9 Å². The minimum atomic E-state index is -3.42. The fraction of sp³-hybridized carbons (Fsp3) is 0.364. The molecule has 0 aromatic heterocycles. The highest BCUT2D eigenvalue weighted by Crippen LogP contribution is 2.15. The first-order valence-corrected chi connectivity index (χ1v) is 6.90. The molecule has 0 bridgehead atoms. The largest absolute Gasteiger partial charge is 0.326 e. The van der Waals surface area contributed by atoms with Gasteiger partial charge in [-0.05, 0) is 18.1 Å². The minimum absolute atomic E-state index is 0.0649. The minimum Gasteiger partial charge on any atom is -0.326 e. The molecule has 1 rings (SSSR count). The van der Waals surface area contributed by atoms with E-state index in [0.29, 0.717) is 12.1 Å². The zero-order chi connectivity index (χ0) is 12.9. The Bertz CT molecular complexity index is 496. The number of rotatable bonds is 5. The van der Waals surface area contributed by atoms with E-state index in [2.05, 4.69) is 9.50 Å². The molecule has 0 aliphatic heterocycles. The average Bonchev–Trinajstić information content (AvgIpc) is 2.18. The summed E-state index contributed by atoms with van der Waals surface area (Å²) in [5.74, 6) is -0.165. The first-order valence-electron chi connectivity index (χ1n) is 5.08. The van der Waals surface area contributed by atoms with Crippen molar-refractivity contribution in [1.29, 1.82) is 0 Å². The van der Waals surface area contributed by atoms with Gasteiger partial charge in [-0.2, -0.15) is 8.42 Å². The van der Waals surface area contributed by atoms with Crippen LogP contribution < -0.4 is 5.32 Å². The Kier molecular flexibility index (Phi) is 4.65. The molecule has 0 unspecified atom stereocenters. The molecule has 1 N–H and O–H groups in total. The molecular formula is C11H15NO4S. The van der Waals surface area contributed by atoms with Crippen molar-refractivity contribution in [3.05, 3.63) is 29.8 Å². The monoisotopic (exact) mass is 257 g/mol. The van der Waals surface area contributed by atoms with E-state index in [1.807, 2.05) is 12.1 Å². The Labute approximate surface area is 101 Å². The quantitative estimate of drug-likeness (QED) is 0.803. The Morgan fingerprint density at radius 1 is 1.35 bits per heavy atom. The van der Waals surface area contributed by atoms with Crippen molar-refractivity contribution in [2.45, 2.75) is 13.3 Å². The van der Waals surface area contributed by atoms with Gasteiger partial charge in [-0.25, -0.2) is 0 Å². The summed E-state index contributed by atoms with van der Waals surface area (Å²) < 4.78 is 26.2. The Morgan fingerprint density at radius 2 is 2.00 bits per heavy atom. The highest BCUT2D eigenvalue weighted by molar-refractivity contribution is 7.85. The summed E-state index contributed by atoms with van der Waals surface area (Å²) in [7, 11) is -3.42. The highest BCUT2D eigenvalue weighted by Gasteiger charge is 2.05. The number of para-hydroxylation sites is 1. The first-order chi connectivity index (χ1) is 7.88. The van der Waals surface area contributed by atoms with E-state index in [-0.39, 0.29) is 12.5 Å². The average molecular weight is 257 g/mol. The summed E-state index contributed by atoms with van der Waals surface area (Å²) in [4.78, 5) is 11.0. The van der Waals surface area contributed by atoms with Crippen LogP contribution in [0.3, 0.4) is 0 Å². The molecule has 94 valence electrons. The van der Waals surface area contributed by atoms with Crippen molar-refractivity contribution in [2.24, 2.45) is 0 Å². The SMILES string of the molecule is CC(=O)Nc1ccccc1CCOS(C)(=O)=O. The molecular weight excluding hydrogens is 242 g/mol. The summed E-state index contributed by atoms with van der Waals surface area (Å²) in [5, 5.41) is 2.68. The number of carbonyl (C=O) groups is 1. The summed E-state index contributed by atoms with van der Waals surface area (Å²) in [6, 6.07) is 7.20. The van der Waals surface area contributed by atoms with Gasteiger partial charge in [0.15, 0.2) is 0 Å². The fourth-order valence-corrected chi connectivity index (χ4v) is 1.74. The van der Waals surface area contributed by atoms with Crippen molar-refractivity contribution in [3.63, 3.8) is 0 Å². The topological polar surface area (TPSA) is 72.5 Å². The van der Waals surface area contributed by atoms with Crippen LogP contribution in [0, 0.1) is 0 Å². The lowest BCUT2D eigenvalue weighted by Crippen LogP contribution is -2.10. The Balaban J connectivity index is 2.67. The van der Waals surface area contributed by atoms with Gasteiger partial charge < -0.3 is 5.32 Å². The smallest absolute Gasteiger partial charge is 0.264 e. The van der Waals surface area contributed by atoms with Crippen LogP contribution in [0.5, 0.6) is 0 Å². The predicted molar refractivity (Wildman–Crippen MR) is 65.2 cm³/mol. The zero-order valence-electron chi connectivity index (χ0n) is 9.76. The summed E-state index contributed by atoms with van der Waals surface area (Å²) in [5.41, 5.74) is 1.52. The Morgan fingerprint density at radius 3 is 2.59 bits per heavy atom. The maximum absolute atomic E-state index is 11.0. The number of benzene rings is 1. The second-order valence-electron chi connectivity index (χ2n) is 3.61. The first kappa shape index (κ1) is 13.7. The van der Waals surface area contributed by atoms with Crippen LogP contribution in [0.1, 0.15) is 12.5 Å². The van der Waals surface area contributed by atoms with E-state index in [4.69, 9.17) is 0 Å². The molecule has 0 fully saturated rings. The van der Waals surface area contributed by atoms with Crippen molar-refractivity contribution in [2.75, 3.05) is 18.2 Å². The van der Waals surface area contributed by atoms with Crippen LogP contribution in [-0.2, 0) is 25.5 Å².